The second-order valence-electron chi connectivity index (χ2n) is 7.85. The predicted molar refractivity (Wildman–Crippen MR) is 87.3 cm³/mol. The first-order chi connectivity index (χ1) is 11.0. The fourth-order valence-corrected chi connectivity index (χ4v) is 5.59. The molecule has 2 fully saturated rings. The maximum Gasteiger partial charge on any atom is 0.235 e. The van der Waals surface area contributed by atoms with Crippen LogP contribution in [0.25, 0.3) is 0 Å². The summed E-state index contributed by atoms with van der Waals surface area (Å²) in [7, 11) is 0. The fourth-order valence-electron chi connectivity index (χ4n) is 5.59. The van der Waals surface area contributed by atoms with Crippen molar-refractivity contribution in [2.45, 2.75) is 64.6 Å². The van der Waals surface area contributed by atoms with Crippen molar-refractivity contribution in [2.75, 3.05) is 0 Å². The Hall–Kier alpha value is -1.38. The Morgan fingerprint density at radius 1 is 1.26 bits per heavy atom. The Morgan fingerprint density at radius 2 is 2.09 bits per heavy atom. The van der Waals surface area contributed by atoms with Gasteiger partial charge in [0.1, 0.15) is 11.5 Å². The van der Waals surface area contributed by atoms with Gasteiger partial charge in [-0.1, -0.05) is 13.0 Å². The number of benzene rings is 1. The lowest BCUT2D eigenvalue weighted by molar-refractivity contribution is -0.129. The van der Waals surface area contributed by atoms with E-state index in [1.807, 2.05) is 12.1 Å². The average Bonchev–Trinajstić information content (AvgIpc) is 2.82. The Kier molecular flexibility index (Phi) is 3.51. The molecule has 2 saturated carbocycles. The Balaban J connectivity index is 1.63. The molecular weight excluding hydrogens is 291 g/mol. The van der Waals surface area contributed by atoms with Crippen LogP contribution >= 0.6 is 0 Å². The maximum atomic E-state index is 13.1. The number of aryl methyl sites for hydroxylation is 1. The highest BCUT2D eigenvalue weighted by molar-refractivity contribution is 5.87. The number of Topliss-reactive ketones (excluding diaryl/α,β-unsaturated/α-hetero) is 1. The molecule has 0 radical (unpaired) electrons. The Bertz CT molecular complexity index is 639. The van der Waals surface area contributed by atoms with E-state index in [1.54, 1.807) is 0 Å². The minimum absolute atomic E-state index is 0.0641. The van der Waals surface area contributed by atoms with Gasteiger partial charge in [-0.15, -0.1) is 0 Å². The number of halogens is 1. The lowest BCUT2D eigenvalue weighted by atomic mass is 9.55. The Morgan fingerprint density at radius 3 is 2.87 bits per heavy atom. The van der Waals surface area contributed by atoms with Crippen LogP contribution in [0.2, 0.25) is 0 Å². The normalized spacial score (nSPS) is 36.8. The molecule has 0 aromatic heterocycles. The topological polar surface area (TPSA) is 26.3 Å². The van der Waals surface area contributed by atoms with Crippen LogP contribution in [0, 0.1) is 17.3 Å². The third kappa shape index (κ3) is 2.31. The number of hydrogen-bond acceptors (Lipinski definition) is 2. The zero-order valence-corrected chi connectivity index (χ0v) is 14.0. The number of carbonyl (C=O) groups excluding carboxylic acids is 1. The van der Waals surface area contributed by atoms with Crippen LogP contribution in [0.1, 0.15) is 63.0 Å². The summed E-state index contributed by atoms with van der Waals surface area (Å²) in [5.41, 5.74) is 2.67. The van der Waals surface area contributed by atoms with E-state index in [1.165, 1.54) is 18.1 Å². The molecule has 1 unspecified atom stereocenters. The van der Waals surface area contributed by atoms with Crippen molar-refractivity contribution in [1.29, 1.82) is 0 Å². The van der Waals surface area contributed by atoms with Crippen LogP contribution in [0.5, 0.6) is 5.75 Å². The van der Waals surface area contributed by atoms with Gasteiger partial charge in [-0.05, 0) is 73.1 Å². The molecule has 0 heterocycles. The quantitative estimate of drug-likeness (QED) is 0.783. The molecular formula is C20H25FO2. The van der Waals surface area contributed by atoms with E-state index in [4.69, 9.17) is 4.74 Å². The first kappa shape index (κ1) is 15.2. The van der Waals surface area contributed by atoms with Gasteiger partial charge < -0.3 is 4.74 Å². The molecule has 3 aliphatic rings. The van der Waals surface area contributed by atoms with Crippen molar-refractivity contribution >= 4 is 5.78 Å². The van der Waals surface area contributed by atoms with Gasteiger partial charge in [-0.2, -0.15) is 0 Å². The van der Waals surface area contributed by atoms with E-state index in [-0.39, 0.29) is 5.41 Å². The molecule has 124 valence electrons. The molecule has 0 N–H and O–H groups in total. The minimum Gasteiger partial charge on any atom is -0.461 e. The SMILES string of the molecule is CC(F)Oc1ccc2c(c1)CC[C@@H]1[C@@H]2CC[C@]2(C)C(=O)CC[C@@H]12. The maximum absolute atomic E-state index is 13.1. The summed E-state index contributed by atoms with van der Waals surface area (Å²) in [4.78, 5) is 12.3. The van der Waals surface area contributed by atoms with E-state index in [9.17, 15) is 9.18 Å². The lowest BCUT2D eigenvalue weighted by Crippen LogP contribution is -2.42. The summed E-state index contributed by atoms with van der Waals surface area (Å²) in [6, 6.07) is 6.07. The molecule has 0 spiro atoms. The highest BCUT2D eigenvalue weighted by Gasteiger charge is 2.54. The van der Waals surface area contributed by atoms with Gasteiger partial charge >= 0.3 is 0 Å². The molecule has 0 aliphatic heterocycles. The number of alkyl halides is 1. The van der Waals surface area contributed by atoms with Crippen LogP contribution in [0.3, 0.4) is 0 Å². The molecule has 0 saturated heterocycles. The smallest absolute Gasteiger partial charge is 0.235 e. The summed E-state index contributed by atoms with van der Waals surface area (Å²) < 4.78 is 18.3. The van der Waals surface area contributed by atoms with Crippen molar-refractivity contribution < 1.29 is 13.9 Å². The number of hydrogen-bond donors (Lipinski definition) is 0. The third-order valence-electron chi connectivity index (χ3n) is 6.71. The molecule has 5 atom stereocenters. The zero-order chi connectivity index (χ0) is 16.2. The first-order valence-corrected chi connectivity index (χ1v) is 8.96. The van der Waals surface area contributed by atoms with Gasteiger partial charge in [0.15, 0.2) is 0 Å². The molecule has 23 heavy (non-hydrogen) atoms. The summed E-state index contributed by atoms with van der Waals surface area (Å²) >= 11 is 0. The number of carbonyl (C=O) groups is 1. The third-order valence-corrected chi connectivity index (χ3v) is 6.71. The number of fused-ring (bicyclic) bond motifs is 5. The number of ketones is 1. The van der Waals surface area contributed by atoms with Crippen molar-refractivity contribution in [1.82, 2.24) is 0 Å². The molecule has 0 amide bonds. The van der Waals surface area contributed by atoms with Gasteiger partial charge in [0, 0.05) is 18.8 Å². The molecule has 3 heteroatoms. The van der Waals surface area contributed by atoms with Crippen LogP contribution in [0.15, 0.2) is 18.2 Å². The van der Waals surface area contributed by atoms with Gasteiger partial charge in [0.2, 0.25) is 6.36 Å². The van der Waals surface area contributed by atoms with E-state index in [0.29, 0.717) is 29.3 Å². The van der Waals surface area contributed by atoms with Crippen LogP contribution in [-0.4, -0.2) is 12.1 Å². The molecule has 4 rings (SSSR count). The van der Waals surface area contributed by atoms with Crippen LogP contribution in [0.4, 0.5) is 4.39 Å². The van der Waals surface area contributed by atoms with Crippen molar-refractivity contribution in [3.05, 3.63) is 29.3 Å². The summed E-state index contributed by atoms with van der Waals surface area (Å²) in [5.74, 6) is 2.89. The van der Waals surface area contributed by atoms with Gasteiger partial charge in [0.25, 0.3) is 0 Å². The van der Waals surface area contributed by atoms with Crippen molar-refractivity contribution in [3.63, 3.8) is 0 Å². The van der Waals surface area contributed by atoms with Gasteiger partial charge in [-0.25, -0.2) is 4.39 Å². The molecule has 3 aliphatic carbocycles. The summed E-state index contributed by atoms with van der Waals surface area (Å²) in [5, 5.41) is 0. The zero-order valence-electron chi connectivity index (χ0n) is 14.0. The lowest BCUT2D eigenvalue weighted by Gasteiger charge is -2.48. The molecule has 1 aromatic carbocycles. The molecule has 2 nitrogen and oxygen atoms in total. The second kappa shape index (κ2) is 5.32. The average molecular weight is 316 g/mol. The number of ether oxygens (including phenoxy) is 1. The van der Waals surface area contributed by atoms with E-state index < -0.39 is 6.36 Å². The van der Waals surface area contributed by atoms with Gasteiger partial charge in [-0.3, -0.25) is 4.79 Å². The number of rotatable bonds is 2. The fraction of sp³-hybridized carbons (Fsp3) is 0.650. The first-order valence-electron chi connectivity index (χ1n) is 8.96. The van der Waals surface area contributed by atoms with Crippen LogP contribution in [-0.2, 0) is 11.2 Å². The predicted octanol–water partition coefficient (Wildman–Crippen LogP) is 4.81. The highest BCUT2D eigenvalue weighted by Crippen LogP contribution is 2.59. The van der Waals surface area contributed by atoms with Gasteiger partial charge in [0.05, 0.1) is 0 Å². The highest BCUT2D eigenvalue weighted by atomic mass is 19.1. The van der Waals surface area contributed by atoms with Crippen LogP contribution < -0.4 is 4.74 Å². The molecule has 1 aromatic rings. The van der Waals surface area contributed by atoms with E-state index in [2.05, 4.69) is 13.0 Å². The summed E-state index contributed by atoms with van der Waals surface area (Å²) in [6.07, 6.45) is 4.89. The second-order valence-corrected chi connectivity index (χ2v) is 7.85. The van der Waals surface area contributed by atoms with E-state index >= 15 is 0 Å². The standard InChI is InChI=1S/C20H25FO2/c1-12(21)23-14-4-6-15-13(11-14)3-5-17-16(15)9-10-20(2)18(17)7-8-19(20)22/h4,6,11-12,16-18H,3,5,7-10H2,1-2H3/t12?,16-,17-,18+,20+/m1/s1. The Labute approximate surface area is 137 Å². The summed E-state index contributed by atoms with van der Waals surface area (Å²) in [6.45, 7) is 3.62. The largest absolute Gasteiger partial charge is 0.461 e. The monoisotopic (exact) mass is 316 g/mol. The van der Waals surface area contributed by atoms with Crippen molar-refractivity contribution in [3.8, 4) is 5.75 Å². The minimum atomic E-state index is -1.27. The molecule has 0 bridgehead atoms. The van der Waals surface area contributed by atoms with E-state index in [0.717, 1.165) is 38.5 Å². The van der Waals surface area contributed by atoms with Crippen molar-refractivity contribution in [2.24, 2.45) is 17.3 Å².